The van der Waals surface area contributed by atoms with Crippen molar-refractivity contribution in [3.8, 4) is 0 Å². The van der Waals surface area contributed by atoms with Crippen LogP contribution in [0.15, 0.2) is 18.2 Å². The molecule has 0 aliphatic heterocycles. The molecule has 2 nitrogen and oxygen atoms in total. The second-order valence-corrected chi connectivity index (χ2v) is 4.40. The summed E-state index contributed by atoms with van der Waals surface area (Å²) in [7, 11) is 0. The van der Waals surface area contributed by atoms with Crippen LogP contribution in [0, 0.1) is 19.8 Å². The van der Waals surface area contributed by atoms with Gasteiger partial charge in [-0.15, -0.1) is 0 Å². The van der Waals surface area contributed by atoms with Crippen molar-refractivity contribution in [1.29, 1.82) is 0 Å². The highest BCUT2D eigenvalue weighted by atomic mass is 16.4. The third kappa shape index (κ3) is 2.58. The van der Waals surface area contributed by atoms with E-state index in [-0.39, 0.29) is 5.92 Å². The first-order chi connectivity index (χ1) is 6.93. The molecule has 0 aliphatic carbocycles. The predicted octanol–water partition coefficient (Wildman–Crippen LogP) is 3.13. The van der Waals surface area contributed by atoms with E-state index in [2.05, 4.69) is 0 Å². The van der Waals surface area contributed by atoms with Crippen LogP contribution in [-0.2, 0) is 4.79 Å². The normalized spacial score (nSPS) is 12.9. The van der Waals surface area contributed by atoms with Crippen LogP contribution in [-0.4, -0.2) is 11.1 Å². The van der Waals surface area contributed by atoms with Gasteiger partial charge in [0.15, 0.2) is 0 Å². The Bertz CT molecular complexity index is 367. The number of aliphatic carboxylic acids is 1. The molecule has 0 amide bonds. The molecule has 0 saturated heterocycles. The summed E-state index contributed by atoms with van der Waals surface area (Å²) in [4.78, 5) is 11.1. The van der Waals surface area contributed by atoms with Crippen molar-refractivity contribution in [2.45, 2.75) is 33.6 Å². The van der Waals surface area contributed by atoms with Gasteiger partial charge in [0.05, 0.1) is 5.92 Å². The first-order valence-corrected chi connectivity index (χ1v) is 5.23. The van der Waals surface area contributed by atoms with E-state index in [0.29, 0.717) is 0 Å². The first-order valence-electron chi connectivity index (χ1n) is 5.23. The van der Waals surface area contributed by atoms with E-state index in [0.717, 1.165) is 11.1 Å². The molecule has 1 aromatic rings. The van der Waals surface area contributed by atoms with Gasteiger partial charge in [0.2, 0.25) is 0 Å². The average molecular weight is 206 g/mol. The van der Waals surface area contributed by atoms with Crippen LogP contribution >= 0.6 is 0 Å². The van der Waals surface area contributed by atoms with E-state index in [9.17, 15) is 4.79 Å². The van der Waals surface area contributed by atoms with Gasteiger partial charge in [-0.25, -0.2) is 0 Å². The smallest absolute Gasteiger partial charge is 0.311 e. The summed E-state index contributed by atoms with van der Waals surface area (Å²) in [6, 6.07) is 5.89. The van der Waals surface area contributed by atoms with Crippen LogP contribution in [0.3, 0.4) is 0 Å². The lowest BCUT2D eigenvalue weighted by Gasteiger charge is -2.17. The fraction of sp³-hybridized carbons (Fsp3) is 0.462. The van der Waals surface area contributed by atoms with Crippen molar-refractivity contribution in [3.63, 3.8) is 0 Å². The first kappa shape index (κ1) is 11.8. The van der Waals surface area contributed by atoms with Crippen LogP contribution in [0.2, 0.25) is 0 Å². The zero-order valence-electron chi connectivity index (χ0n) is 9.74. The Kier molecular flexibility index (Phi) is 3.51. The highest BCUT2D eigenvalue weighted by molar-refractivity contribution is 5.76. The summed E-state index contributed by atoms with van der Waals surface area (Å²) < 4.78 is 0. The Labute approximate surface area is 90.9 Å². The highest BCUT2D eigenvalue weighted by Gasteiger charge is 2.23. The minimum Gasteiger partial charge on any atom is -0.481 e. The molecule has 0 aromatic heterocycles. The number of hydrogen-bond donors (Lipinski definition) is 1. The van der Waals surface area contributed by atoms with E-state index in [1.807, 2.05) is 45.9 Å². The van der Waals surface area contributed by atoms with E-state index in [1.165, 1.54) is 5.56 Å². The third-order valence-corrected chi connectivity index (χ3v) is 2.82. The molecule has 15 heavy (non-hydrogen) atoms. The van der Waals surface area contributed by atoms with Gasteiger partial charge in [0, 0.05) is 0 Å². The van der Waals surface area contributed by atoms with Crippen molar-refractivity contribution in [2.75, 3.05) is 0 Å². The molecule has 0 bridgehead atoms. The van der Waals surface area contributed by atoms with Gasteiger partial charge in [-0.3, -0.25) is 4.79 Å². The lowest BCUT2D eigenvalue weighted by molar-refractivity contribution is -0.139. The van der Waals surface area contributed by atoms with Gasteiger partial charge in [0.25, 0.3) is 0 Å². The third-order valence-electron chi connectivity index (χ3n) is 2.82. The number of aryl methyl sites for hydroxylation is 2. The number of rotatable bonds is 3. The fourth-order valence-corrected chi connectivity index (χ4v) is 1.77. The molecule has 0 aliphatic rings. The van der Waals surface area contributed by atoms with Gasteiger partial charge in [-0.1, -0.05) is 32.0 Å². The number of hydrogen-bond acceptors (Lipinski definition) is 1. The molecule has 0 saturated carbocycles. The summed E-state index contributed by atoms with van der Waals surface area (Å²) in [6.07, 6.45) is 0. The van der Waals surface area contributed by atoms with Crippen molar-refractivity contribution in [3.05, 3.63) is 34.9 Å². The van der Waals surface area contributed by atoms with E-state index in [1.54, 1.807) is 0 Å². The minimum absolute atomic E-state index is 0.115. The summed E-state index contributed by atoms with van der Waals surface area (Å²) in [5.74, 6) is -1.03. The summed E-state index contributed by atoms with van der Waals surface area (Å²) in [5, 5.41) is 9.16. The van der Waals surface area contributed by atoms with Gasteiger partial charge < -0.3 is 5.11 Å². The molecule has 0 radical (unpaired) electrons. The minimum atomic E-state index is -0.742. The second-order valence-electron chi connectivity index (χ2n) is 4.40. The van der Waals surface area contributed by atoms with Crippen molar-refractivity contribution < 1.29 is 9.90 Å². The molecule has 82 valence electrons. The van der Waals surface area contributed by atoms with Gasteiger partial charge >= 0.3 is 5.97 Å². The average Bonchev–Trinajstić information content (AvgIpc) is 2.10. The number of carbonyl (C=O) groups is 1. The lowest BCUT2D eigenvalue weighted by atomic mass is 9.87. The maximum absolute atomic E-state index is 11.1. The summed E-state index contributed by atoms with van der Waals surface area (Å²) in [6.45, 7) is 7.92. The Morgan fingerprint density at radius 2 is 1.80 bits per heavy atom. The number of benzene rings is 1. The lowest BCUT2D eigenvalue weighted by Crippen LogP contribution is -2.17. The highest BCUT2D eigenvalue weighted by Crippen LogP contribution is 2.26. The monoisotopic (exact) mass is 206 g/mol. The van der Waals surface area contributed by atoms with E-state index < -0.39 is 11.9 Å². The molecule has 0 heterocycles. The second kappa shape index (κ2) is 4.47. The SMILES string of the molecule is Cc1ccc(C(C(=O)O)C(C)C)cc1C. The van der Waals surface area contributed by atoms with Crippen molar-refractivity contribution in [1.82, 2.24) is 0 Å². The van der Waals surface area contributed by atoms with Crippen LogP contribution in [0.25, 0.3) is 0 Å². The molecule has 1 atom stereocenters. The Balaban J connectivity index is 3.12. The predicted molar refractivity (Wildman–Crippen MR) is 61.1 cm³/mol. The molecule has 1 rings (SSSR count). The van der Waals surface area contributed by atoms with E-state index >= 15 is 0 Å². The summed E-state index contributed by atoms with van der Waals surface area (Å²) >= 11 is 0. The standard InChI is InChI=1S/C13H18O2/c1-8(2)12(13(14)15)11-6-5-9(3)10(4)7-11/h5-8,12H,1-4H3,(H,14,15). The molecule has 2 heteroatoms. The fourth-order valence-electron chi connectivity index (χ4n) is 1.77. The van der Waals surface area contributed by atoms with Crippen LogP contribution in [0.4, 0.5) is 0 Å². The maximum atomic E-state index is 11.1. The van der Waals surface area contributed by atoms with Crippen LogP contribution in [0.1, 0.15) is 36.5 Å². The van der Waals surface area contributed by atoms with Crippen molar-refractivity contribution >= 4 is 5.97 Å². The molecule has 1 aromatic carbocycles. The van der Waals surface area contributed by atoms with Gasteiger partial charge in [-0.05, 0) is 36.5 Å². The Hall–Kier alpha value is -1.31. The molecular formula is C13H18O2. The van der Waals surface area contributed by atoms with Crippen LogP contribution in [0.5, 0.6) is 0 Å². The van der Waals surface area contributed by atoms with Gasteiger partial charge in [0.1, 0.15) is 0 Å². The Morgan fingerprint density at radius 3 is 2.20 bits per heavy atom. The largest absolute Gasteiger partial charge is 0.481 e. The van der Waals surface area contributed by atoms with Gasteiger partial charge in [-0.2, -0.15) is 0 Å². The van der Waals surface area contributed by atoms with Crippen molar-refractivity contribution in [2.24, 2.45) is 5.92 Å². The number of carboxylic acid groups (broad SMARTS) is 1. The summed E-state index contributed by atoms with van der Waals surface area (Å²) in [5.41, 5.74) is 3.26. The molecular weight excluding hydrogens is 188 g/mol. The molecule has 1 unspecified atom stereocenters. The topological polar surface area (TPSA) is 37.3 Å². The molecule has 0 spiro atoms. The van der Waals surface area contributed by atoms with Crippen LogP contribution < -0.4 is 0 Å². The Morgan fingerprint density at radius 1 is 1.20 bits per heavy atom. The quantitative estimate of drug-likeness (QED) is 0.825. The molecule has 1 N–H and O–H groups in total. The number of carboxylic acids is 1. The zero-order chi connectivity index (χ0) is 11.6. The van der Waals surface area contributed by atoms with E-state index in [4.69, 9.17) is 5.11 Å². The molecule has 0 fully saturated rings. The maximum Gasteiger partial charge on any atom is 0.311 e. The zero-order valence-corrected chi connectivity index (χ0v) is 9.74.